The molecule has 3 nitrogen and oxygen atoms in total. The summed E-state index contributed by atoms with van der Waals surface area (Å²) < 4.78 is 0. The molecule has 1 aliphatic carbocycles. The van der Waals surface area contributed by atoms with Crippen LogP contribution in [0.2, 0.25) is 0 Å². The van der Waals surface area contributed by atoms with Gasteiger partial charge in [0.15, 0.2) is 0 Å². The minimum atomic E-state index is 0.148. The lowest BCUT2D eigenvalue weighted by Gasteiger charge is -2.17. The van der Waals surface area contributed by atoms with Crippen LogP contribution in [0.25, 0.3) is 0 Å². The van der Waals surface area contributed by atoms with Crippen molar-refractivity contribution in [2.75, 3.05) is 18.8 Å². The van der Waals surface area contributed by atoms with E-state index in [-0.39, 0.29) is 6.03 Å². The summed E-state index contributed by atoms with van der Waals surface area (Å²) in [4.78, 5) is 15.2. The van der Waals surface area contributed by atoms with E-state index in [1.807, 2.05) is 22.7 Å². The van der Waals surface area contributed by atoms with Gasteiger partial charge in [0.1, 0.15) is 0 Å². The smallest absolute Gasteiger partial charge is 0.317 e. The molecule has 2 aliphatic rings. The SMILES string of the molecule is O=C(NC1CC1)N1CC[C@H](CSc2ccccc2)C1. The maximum Gasteiger partial charge on any atom is 0.317 e. The van der Waals surface area contributed by atoms with Gasteiger partial charge >= 0.3 is 6.03 Å². The molecule has 1 saturated heterocycles. The normalized spacial score (nSPS) is 22.5. The highest BCUT2D eigenvalue weighted by molar-refractivity contribution is 7.99. The van der Waals surface area contributed by atoms with E-state index in [0.717, 1.165) is 38.1 Å². The van der Waals surface area contributed by atoms with Crippen LogP contribution >= 0.6 is 11.8 Å². The van der Waals surface area contributed by atoms with Crippen molar-refractivity contribution >= 4 is 17.8 Å². The van der Waals surface area contributed by atoms with E-state index >= 15 is 0 Å². The minimum absolute atomic E-state index is 0.148. The van der Waals surface area contributed by atoms with Gasteiger partial charge in [0, 0.05) is 29.8 Å². The fourth-order valence-electron chi connectivity index (χ4n) is 2.38. The first-order chi connectivity index (χ1) is 9.31. The highest BCUT2D eigenvalue weighted by atomic mass is 32.2. The summed E-state index contributed by atoms with van der Waals surface area (Å²) in [6, 6.07) is 11.1. The number of nitrogens with zero attached hydrogens (tertiary/aromatic N) is 1. The monoisotopic (exact) mass is 276 g/mol. The molecular formula is C15H20N2OS. The van der Waals surface area contributed by atoms with E-state index in [9.17, 15) is 4.79 Å². The predicted octanol–water partition coefficient (Wildman–Crippen LogP) is 2.97. The summed E-state index contributed by atoms with van der Waals surface area (Å²) in [5, 5.41) is 3.07. The molecular weight excluding hydrogens is 256 g/mol. The molecule has 1 aliphatic heterocycles. The fraction of sp³-hybridized carbons (Fsp3) is 0.533. The summed E-state index contributed by atoms with van der Waals surface area (Å²) >= 11 is 1.90. The molecule has 0 unspecified atom stereocenters. The summed E-state index contributed by atoms with van der Waals surface area (Å²) in [5.74, 6) is 1.74. The third kappa shape index (κ3) is 3.66. The molecule has 1 saturated carbocycles. The van der Waals surface area contributed by atoms with Crippen LogP contribution < -0.4 is 5.32 Å². The van der Waals surface area contributed by atoms with Gasteiger partial charge < -0.3 is 10.2 Å². The Morgan fingerprint density at radius 1 is 1.26 bits per heavy atom. The average molecular weight is 276 g/mol. The van der Waals surface area contributed by atoms with Gasteiger partial charge in [0.25, 0.3) is 0 Å². The Labute approximate surface area is 118 Å². The molecule has 0 bridgehead atoms. The van der Waals surface area contributed by atoms with Crippen LogP contribution in [0, 0.1) is 5.92 Å². The van der Waals surface area contributed by atoms with Gasteiger partial charge in [0.2, 0.25) is 0 Å². The van der Waals surface area contributed by atoms with Crippen LogP contribution in [0.4, 0.5) is 4.79 Å². The second kappa shape index (κ2) is 5.87. The molecule has 4 heteroatoms. The molecule has 3 rings (SSSR count). The van der Waals surface area contributed by atoms with Crippen LogP contribution in [0.15, 0.2) is 35.2 Å². The number of likely N-dealkylation sites (tertiary alicyclic amines) is 1. The second-order valence-corrected chi connectivity index (χ2v) is 6.54. The Bertz CT molecular complexity index is 433. The van der Waals surface area contributed by atoms with Gasteiger partial charge in [-0.15, -0.1) is 11.8 Å². The number of thioether (sulfide) groups is 1. The lowest BCUT2D eigenvalue weighted by Crippen LogP contribution is -2.39. The van der Waals surface area contributed by atoms with Crippen molar-refractivity contribution in [1.29, 1.82) is 0 Å². The van der Waals surface area contributed by atoms with Gasteiger partial charge in [-0.2, -0.15) is 0 Å². The van der Waals surface area contributed by atoms with Crippen LogP contribution in [-0.2, 0) is 0 Å². The summed E-state index contributed by atoms with van der Waals surface area (Å²) in [7, 11) is 0. The van der Waals surface area contributed by atoms with E-state index < -0.39 is 0 Å². The Kier molecular flexibility index (Phi) is 3.97. The molecule has 1 atom stereocenters. The standard InChI is InChI=1S/C15H20N2OS/c18-15(16-13-6-7-13)17-9-8-12(10-17)11-19-14-4-2-1-3-5-14/h1-5,12-13H,6-11H2,(H,16,18)/t12-/m0/s1. The number of hydrogen-bond acceptors (Lipinski definition) is 2. The third-order valence-corrected chi connectivity index (χ3v) is 4.95. The number of urea groups is 1. The molecule has 102 valence electrons. The summed E-state index contributed by atoms with van der Waals surface area (Å²) in [5.41, 5.74) is 0. The number of benzene rings is 1. The molecule has 1 aromatic rings. The predicted molar refractivity (Wildman–Crippen MR) is 78.4 cm³/mol. The molecule has 2 fully saturated rings. The average Bonchev–Trinajstić information content (AvgIpc) is 3.12. The molecule has 0 aromatic heterocycles. The molecule has 19 heavy (non-hydrogen) atoms. The summed E-state index contributed by atoms with van der Waals surface area (Å²) in [6.07, 6.45) is 3.46. The first kappa shape index (κ1) is 12.9. The van der Waals surface area contributed by atoms with E-state index in [4.69, 9.17) is 0 Å². The molecule has 1 N–H and O–H groups in total. The first-order valence-corrected chi connectivity index (χ1v) is 8.03. The largest absolute Gasteiger partial charge is 0.335 e. The number of rotatable bonds is 4. The summed E-state index contributed by atoms with van der Waals surface area (Å²) in [6.45, 7) is 1.83. The third-order valence-electron chi connectivity index (χ3n) is 3.71. The Morgan fingerprint density at radius 3 is 2.79 bits per heavy atom. The topological polar surface area (TPSA) is 32.3 Å². The number of hydrogen-bond donors (Lipinski definition) is 1. The maximum atomic E-state index is 11.9. The van der Waals surface area contributed by atoms with Crippen molar-refractivity contribution in [2.24, 2.45) is 5.92 Å². The zero-order valence-corrected chi connectivity index (χ0v) is 11.9. The van der Waals surface area contributed by atoms with E-state index in [1.54, 1.807) is 0 Å². The van der Waals surface area contributed by atoms with Crippen molar-refractivity contribution < 1.29 is 4.79 Å². The fourth-order valence-corrected chi connectivity index (χ4v) is 3.43. The van der Waals surface area contributed by atoms with E-state index in [0.29, 0.717) is 12.0 Å². The zero-order valence-electron chi connectivity index (χ0n) is 11.0. The number of carbonyl (C=O) groups is 1. The van der Waals surface area contributed by atoms with Gasteiger partial charge in [-0.3, -0.25) is 0 Å². The minimum Gasteiger partial charge on any atom is -0.335 e. The van der Waals surface area contributed by atoms with Gasteiger partial charge in [-0.25, -0.2) is 4.79 Å². The van der Waals surface area contributed by atoms with Crippen molar-refractivity contribution in [3.05, 3.63) is 30.3 Å². The number of amides is 2. The number of carbonyl (C=O) groups excluding carboxylic acids is 1. The van der Waals surface area contributed by atoms with E-state index in [2.05, 4.69) is 29.6 Å². The Balaban J connectivity index is 1.42. The van der Waals surface area contributed by atoms with Crippen LogP contribution in [0.5, 0.6) is 0 Å². The van der Waals surface area contributed by atoms with Crippen LogP contribution in [0.3, 0.4) is 0 Å². The van der Waals surface area contributed by atoms with Gasteiger partial charge in [0.05, 0.1) is 0 Å². The van der Waals surface area contributed by atoms with Crippen molar-refractivity contribution in [1.82, 2.24) is 10.2 Å². The quantitative estimate of drug-likeness (QED) is 0.858. The zero-order chi connectivity index (χ0) is 13.1. The van der Waals surface area contributed by atoms with E-state index in [1.165, 1.54) is 4.90 Å². The molecule has 1 heterocycles. The van der Waals surface area contributed by atoms with Gasteiger partial charge in [-0.05, 0) is 37.3 Å². The van der Waals surface area contributed by atoms with Crippen molar-refractivity contribution in [2.45, 2.75) is 30.2 Å². The second-order valence-electron chi connectivity index (χ2n) is 5.45. The highest BCUT2D eigenvalue weighted by Gasteiger charge is 2.30. The Hall–Kier alpha value is -1.16. The molecule has 0 radical (unpaired) electrons. The van der Waals surface area contributed by atoms with Crippen LogP contribution in [-0.4, -0.2) is 35.8 Å². The molecule has 0 spiro atoms. The van der Waals surface area contributed by atoms with Crippen LogP contribution in [0.1, 0.15) is 19.3 Å². The highest BCUT2D eigenvalue weighted by Crippen LogP contribution is 2.26. The molecule has 2 amide bonds. The number of nitrogens with one attached hydrogen (secondary N) is 1. The van der Waals surface area contributed by atoms with Crippen molar-refractivity contribution in [3.63, 3.8) is 0 Å². The Morgan fingerprint density at radius 2 is 2.05 bits per heavy atom. The first-order valence-electron chi connectivity index (χ1n) is 7.04. The molecule has 1 aromatic carbocycles. The van der Waals surface area contributed by atoms with Crippen molar-refractivity contribution in [3.8, 4) is 0 Å². The lowest BCUT2D eigenvalue weighted by molar-refractivity contribution is 0.207. The maximum absolute atomic E-state index is 11.9. The lowest BCUT2D eigenvalue weighted by atomic mass is 10.2. The van der Waals surface area contributed by atoms with Gasteiger partial charge in [-0.1, -0.05) is 18.2 Å².